The van der Waals surface area contributed by atoms with Gasteiger partial charge in [0.1, 0.15) is 22.0 Å². The van der Waals surface area contributed by atoms with Crippen LogP contribution in [0.15, 0.2) is 35.2 Å². The summed E-state index contributed by atoms with van der Waals surface area (Å²) in [5.74, 6) is -2.17. The molecule has 0 saturated heterocycles. The number of hydrogen-bond acceptors (Lipinski definition) is 4. The van der Waals surface area contributed by atoms with Gasteiger partial charge in [0.2, 0.25) is 0 Å². The summed E-state index contributed by atoms with van der Waals surface area (Å²) in [6.45, 7) is 3.61. The van der Waals surface area contributed by atoms with Crippen LogP contribution in [0.2, 0.25) is 0 Å². The number of sulfonamides is 1. The van der Waals surface area contributed by atoms with Gasteiger partial charge in [0.15, 0.2) is 0 Å². The van der Waals surface area contributed by atoms with Crippen molar-refractivity contribution in [2.24, 2.45) is 0 Å². The van der Waals surface area contributed by atoms with Gasteiger partial charge < -0.3 is 9.84 Å². The minimum absolute atomic E-state index is 0.0865. The topological polar surface area (TPSA) is 92.7 Å². The highest BCUT2D eigenvalue weighted by molar-refractivity contribution is 7.92. The molecule has 0 aromatic heterocycles. The van der Waals surface area contributed by atoms with E-state index >= 15 is 0 Å². The lowest BCUT2D eigenvalue weighted by Gasteiger charge is -2.19. The van der Waals surface area contributed by atoms with E-state index in [0.717, 1.165) is 12.1 Å². The SMILES string of the molecule is CCc1cc(CC)c(OC)c(C(=O)O)c1NS(=O)(=O)c1ccccc1F. The van der Waals surface area contributed by atoms with Crippen molar-refractivity contribution in [2.45, 2.75) is 31.6 Å². The number of carbonyl (C=O) groups is 1. The number of nitrogens with one attached hydrogen (secondary N) is 1. The van der Waals surface area contributed by atoms with Gasteiger partial charge in [-0.25, -0.2) is 17.6 Å². The summed E-state index contributed by atoms with van der Waals surface area (Å²) < 4.78 is 46.7. The second-order valence-corrected chi connectivity index (χ2v) is 7.18. The monoisotopic (exact) mass is 381 g/mol. The van der Waals surface area contributed by atoms with Gasteiger partial charge in [-0.2, -0.15) is 0 Å². The minimum atomic E-state index is -4.32. The Labute approximate surface area is 151 Å². The number of aryl methyl sites for hydroxylation is 2. The predicted molar refractivity (Wildman–Crippen MR) is 95.9 cm³/mol. The maximum absolute atomic E-state index is 13.9. The lowest BCUT2D eigenvalue weighted by Crippen LogP contribution is -2.19. The van der Waals surface area contributed by atoms with Crippen molar-refractivity contribution in [2.75, 3.05) is 11.8 Å². The van der Waals surface area contributed by atoms with Crippen LogP contribution in [0.25, 0.3) is 0 Å². The maximum Gasteiger partial charge on any atom is 0.341 e. The Morgan fingerprint density at radius 3 is 2.31 bits per heavy atom. The van der Waals surface area contributed by atoms with Crippen LogP contribution in [0, 0.1) is 5.82 Å². The Bertz CT molecular complexity index is 941. The molecular formula is C18H20FNO5S. The van der Waals surface area contributed by atoms with Crippen molar-refractivity contribution < 1.29 is 27.4 Å². The van der Waals surface area contributed by atoms with Crippen molar-refractivity contribution >= 4 is 21.7 Å². The summed E-state index contributed by atoms with van der Waals surface area (Å²) >= 11 is 0. The minimum Gasteiger partial charge on any atom is -0.495 e. The number of carboxylic acid groups (broad SMARTS) is 1. The van der Waals surface area contributed by atoms with Crippen molar-refractivity contribution in [1.29, 1.82) is 0 Å². The molecular weight excluding hydrogens is 361 g/mol. The molecule has 140 valence electrons. The van der Waals surface area contributed by atoms with E-state index in [1.54, 1.807) is 13.0 Å². The fourth-order valence-corrected chi connectivity index (χ4v) is 3.92. The molecule has 0 aliphatic rings. The molecule has 0 amide bonds. The molecule has 2 aromatic carbocycles. The van der Waals surface area contributed by atoms with Crippen LogP contribution in [0.3, 0.4) is 0 Å². The zero-order valence-electron chi connectivity index (χ0n) is 14.7. The summed E-state index contributed by atoms with van der Waals surface area (Å²) in [4.78, 5) is 11.3. The van der Waals surface area contributed by atoms with Crippen molar-refractivity contribution in [3.8, 4) is 5.75 Å². The maximum atomic E-state index is 13.9. The molecule has 6 nitrogen and oxygen atoms in total. The number of methoxy groups -OCH3 is 1. The first-order valence-corrected chi connectivity index (χ1v) is 9.48. The van der Waals surface area contributed by atoms with Crippen LogP contribution in [-0.4, -0.2) is 26.6 Å². The highest BCUT2D eigenvalue weighted by atomic mass is 32.2. The Morgan fingerprint density at radius 1 is 1.19 bits per heavy atom. The fraction of sp³-hybridized carbons (Fsp3) is 0.278. The molecule has 0 aliphatic carbocycles. The van der Waals surface area contributed by atoms with E-state index in [1.165, 1.54) is 19.2 Å². The van der Waals surface area contributed by atoms with E-state index < -0.39 is 26.7 Å². The molecule has 8 heteroatoms. The van der Waals surface area contributed by atoms with Crippen LogP contribution in [-0.2, 0) is 22.9 Å². The highest BCUT2D eigenvalue weighted by Crippen LogP contribution is 2.36. The third-order valence-corrected chi connectivity index (χ3v) is 5.36. The number of anilines is 1. The lowest BCUT2D eigenvalue weighted by molar-refractivity contribution is 0.0694. The molecule has 2 N–H and O–H groups in total. The molecule has 2 aromatic rings. The lowest BCUT2D eigenvalue weighted by atomic mass is 9.98. The summed E-state index contributed by atoms with van der Waals surface area (Å²) in [7, 11) is -3.00. The molecule has 2 rings (SSSR count). The van der Waals surface area contributed by atoms with Crippen LogP contribution >= 0.6 is 0 Å². The van der Waals surface area contributed by atoms with Crippen LogP contribution < -0.4 is 9.46 Å². The number of carboxylic acids is 1. The van der Waals surface area contributed by atoms with Crippen molar-refractivity contribution in [3.63, 3.8) is 0 Å². The third kappa shape index (κ3) is 3.65. The van der Waals surface area contributed by atoms with Gasteiger partial charge in [-0.05, 0) is 36.1 Å². The second-order valence-electron chi connectivity index (χ2n) is 5.53. The Morgan fingerprint density at radius 2 is 1.81 bits per heavy atom. The molecule has 0 bridgehead atoms. The van der Waals surface area contributed by atoms with Crippen LogP contribution in [0.4, 0.5) is 10.1 Å². The standard InChI is InChI=1S/C18H20FNO5S/c1-4-11-10-12(5-2)17(25-3)15(18(21)22)16(11)20-26(23,24)14-9-7-6-8-13(14)19/h6-10,20H,4-5H2,1-3H3,(H,21,22). The molecule has 0 radical (unpaired) electrons. The number of aromatic carboxylic acids is 1. The predicted octanol–water partition coefficient (Wildman–Crippen LogP) is 3.46. The van der Waals surface area contributed by atoms with Crippen LogP contribution in [0.1, 0.15) is 35.3 Å². The van der Waals surface area contributed by atoms with E-state index in [-0.39, 0.29) is 17.0 Å². The highest BCUT2D eigenvalue weighted by Gasteiger charge is 2.27. The average molecular weight is 381 g/mol. The number of benzene rings is 2. The normalized spacial score (nSPS) is 11.2. The summed E-state index contributed by atoms with van der Waals surface area (Å²) in [6, 6.07) is 6.59. The molecule has 0 heterocycles. The van der Waals surface area contributed by atoms with Crippen molar-refractivity contribution in [3.05, 3.63) is 52.8 Å². The number of rotatable bonds is 7. The first-order valence-electron chi connectivity index (χ1n) is 8.00. The van der Waals surface area contributed by atoms with Gasteiger partial charge in [0.05, 0.1) is 12.8 Å². The molecule has 0 saturated carbocycles. The first-order chi connectivity index (χ1) is 12.3. The number of hydrogen-bond donors (Lipinski definition) is 2. The van der Waals surface area contributed by atoms with E-state index in [9.17, 15) is 22.7 Å². The molecule has 0 fully saturated rings. The molecule has 26 heavy (non-hydrogen) atoms. The van der Waals surface area contributed by atoms with E-state index in [2.05, 4.69) is 4.72 Å². The Hall–Kier alpha value is -2.61. The van der Waals surface area contributed by atoms with Gasteiger partial charge >= 0.3 is 5.97 Å². The number of halogens is 1. The number of ether oxygens (including phenoxy) is 1. The fourth-order valence-electron chi connectivity index (χ4n) is 2.73. The quantitative estimate of drug-likeness (QED) is 0.766. The first kappa shape index (κ1) is 19.7. The summed E-state index contributed by atoms with van der Waals surface area (Å²) in [5, 5.41) is 9.65. The average Bonchev–Trinajstić information content (AvgIpc) is 2.60. The zero-order chi connectivity index (χ0) is 19.5. The van der Waals surface area contributed by atoms with Crippen LogP contribution in [0.5, 0.6) is 5.75 Å². The van der Waals surface area contributed by atoms with E-state index in [4.69, 9.17) is 4.74 Å². The van der Waals surface area contributed by atoms with Gasteiger partial charge in [0.25, 0.3) is 10.0 Å². The summed E-state index contributed by atoms with van der Waals surface area (Å²) in [5.41, 5.74) is 0.733. The van der Waals surface area contributed by atoms with E-state index in [1.807, 2.05) is 6.92 Å². The smallest absolute Gasteiger partial charge is 0.341 e. The van der Waals surface area contributed by atoms with Crippen molar-refractivity contribution in [1.82, 2.24) is 0 Å². The van der Waals surface area contributed by atoms with Gasteiger partial charge in [-0.1, -0.05) is 32.0 Å². The van der Waals surface area contributed by atoms with Gasteiger partial charge in [0, 0.05) is 0 Å². The summed E-state index contributed by atoms with van der Waals surface area (Å²) in [6.07, 6.45) is 0.892. The third-order valence-electron chi connectivity index (χ3n) is 3.98. The van der Waals surface area contributed by atoms with Gasteiger partial charge in [-0.3, -0.25) is 4.72 Å². The second kappa shape index (κ2) is 7.74. The van der Waals surface area contributed by atoms with E-state index in [0.29, 0.717) is 24.0 Å². The Kier molecular flexibility index (Phi) is 5.86. The Balaban J connectivity index is 2.72. The zero-order valence-corrected chi connectivity index (χ0v) is 15.5. The van der Waals surface area contributed by atoms with Gasteiger partial charge in [-0.15, -0.1) is 0 Å². The molecule has 0 atom stereocenters. The molecule has 0 spiro atoms. The molecule has 0 aliphatic heterocycles. The molecule has 0 unspecified atom stereocenters. The largest absolute Gasteiger partial charge is 0.495 e.